The van der Waals surface area contributed by atoms with Crippen molar-refractivity contribution in [3.63, 3.8) is 0 Å². The number of amidine groups is 1. The molecule has 6 nitrogen and oxygen atoms in total. The zero-order chi connectivity index (χ0) is 13.6. The summed E-state index contributed by atoms with van der Waals surface area (Å²) in [6.45, 7) is 4.09. The lowest BCUT2D eigenvalue weighted by atomic mass is 9.80. The lowest BCUT2D eigenvalue weighted by Gasteiger charge is -2.28. The fraction of sp³-hybridized carbons (Fsp3) is 0.545. The molecule has 0 atom stereocenters. The average molecular weight is 270 g/mol. The van der Waals surface area contributed by atoms with Crippen molar-refractivity contribution in [3.8, 4) is 0 Å². The molecule has 1 heterocycles. The summed E-state index contributed by atoms with van der Waals surface area (Å²) in [5.41, 5.74) is 6.41. The summed E-state index contributed by atoms with van der Waals surface area (Å²) in [5.74, 6) is -0.273. The van der Waals surface area contributed by atoms with Crippen molar-refractivity contribution in [2.45, 2.75) is 33.2 Å². The van der Waals surface area contributed by atoms with Gasteiger partial charge in [-0.25, -0.2) is 0 Å². The van der Waals surface area contributed by atoms with Crippen LogP contribution in [0.4, 0.5) is 0 Å². The number of hydrogen-bond donors (Lipinski definition) is 3. The third-order valence-corrected chi connectivity index (χ3v) is 3.93. The van der Waals surface area contributed by atoms with Crippen LogP contribution in [0, 0.1) is 5.41 Å². The van der Waals surface area contributed by atoms with Crippen LogP contribution in [0.3, 0.4) is 0 Å². The second kappa shape index (κ2) is 6.34. The van der Waals surface area contributed by atoms with E-state index >= 15 is 0 Å². The fourth-order valence-corrected chi connectivity index (χ4v) is 2.35. The van der Waals surface area contributed by atoms with Gasteiger partial charge >= 0.3 is 0 Å². The second-order valence-corrected chi connectivity index (χ2v) is 4.90. The van der Waals surface area contributed by atoms with Gasteiger partial charge in [0, 0.05) is 11.1 Å². The van der Waals surface area contributed by atoms with Crippen LogP contribution < -0.4 is 11.1 Å². The van der Waals surface area contributed by atoms with Crippen molar-refractivity contribution in [2.75, 3.05) is 0 Å². The molecule has 0 bridgehead atoms. The van der Waals surface area contributed by atoms with E-state index in [2.05, 4.69) is 15.5 Å². The first-order valence-corrected chi connectivity index (χ1v) is 6.62. The lowest BCUT2D eigenvalue weighted by molar-refractivity contribution is -0.128. The SMILES string of the molecule is CCC(CC)(C(=O)NCc1cncs1)C(N)=NO. The fourth-order valence-electron chi connectivity index (χ4n) is 1.81. The highest BCUT2D eigenvalue weighted by atomic mass is 32.1. The van der Waals surface area contributed by atoms with Crippen molar-refractivity contribution < 1.29 is 10.0 Å². The molecule has 0 aliphatic rings. The number of carbonyl (C=O) groups excluding carboxylic acids is 1. The molecule has 100 valence electrons. The molecule has 1 aromatic rings. The van der Waals surface area contributed by atoms with Crippen LogP contribution >= 0.6 is 11.3 Å². The highest BCUT2D eigenvalue weighted by Crippen LogP contribution is 2.27. The van der Waals surface area contributed by atoms with Crippen LogP contribution in [0.5, 0.6) is 0 Å². The van der Waals surface area contributed by atoms with Crippen LogP contribution in [-0.4, -0.2) is 21.9 Å². The number of nitrogens with one attached hydrogen (secondary N) is 1. The maximum atomic E-state index is 12.2. The molecule has 1 amide bonds. The van der Waals surface area contributed by atoms with Gasteiger partial charge in [-0.1, -0.05) is 19.0 Å². The monoisotopic (exact) mass is 270 g/mol. The van der Waals surface area contributed by atoms with Gasteiger partial charge in [0.15, 0.2) is 5.84 Å². The topological polar surface area (TPSA) is 101 Å². The average Bonchev–Trinajstić information content (AvgIpc) is 2.91. The molecule has 0 saturated heterocycles. The van der Waals surface area contributed by atoms with Crippen molar-refractivity contribution in [1.29, 1.82) is 0 Å². The summed E-state index contributed by atoms with van der Waals surface area (Å²) >= 11 is 1.47. The Morgan fingerprint density at radius 1 is 1.61 bits per heavy atom. The summed E-state index contributed by atoms with van der Waals surface area (Å²) < 4.78 is 0. The van der Waals surface area contributed by atoms with Crippen molar-refractivity contribution in [3.05, 3.63) is 16.6 Å². The standard InChI is InChI=1S/C11H18N4O2S/c1-3-11(4-2,9(12)15-17)10(16)14-6-8-5-13-7-18-8/h5,7,17H,3-4,6H2,1-2H3,(H2,12,15)(H,14,16). The zero-order valence-corrected chi connectivity index (χ0v) is 11.3. The number of rotatable bonds is 6. The molecule has 0 spiro atoms. The van der Waals surface area contributed by atoms with Gasteiger partial charge in [0.25, 0.3) is 0 Å². The highest BCUT2D eigenvalue weighted by molar-refractivity contribution is 7.09. The molecule has 18 heavy (non-hydrogen) atoms. The number of amides is 1. The summed E-state index contributed by atoms with van der Waals surface area (Å²) in [7, 11) is 0. The molecule has 0 radical (unpaired) electrons. The van der Waals surface area contributed by atoms with Crippen LogP contribution in [0.1, 0.15) is 31.6 Å². The Balaban J connectivity index is 2.77. The number of carbonyl (C=O) groups is 1. The molecule has 0 aromatic carbocycles. The molecular formula is C11H18N4O2S. The Kier molecular flexibility index (Phi) is 5.08. The van der Waals surface area contributed by atoms with E-state index in [1.807, 2.05) is 13.8 Å². The van der Waals surface area contributed by atoms with E-state index in [0.717, 1.165) is 4.88 Å². The minimum absolute atomic E-state index is 0.0469. The molecule has 0 aliphatic carbocycles. The van der Waals surface area contributed by atoms with E-state index in [-0.39, 0.29) is 11.7 Å². The Labute approximate surface area is 110 Å². The number of hydrogen-bond acceptors (Lipinski definition) is 5. The van der Waals surface area contributed by atoms with Gasteiger partial charge in [-0.05, 0) is 12.8 Å². The van der Waals surface area contributed by atoms with Gasteiger partial charge in [-0.3, -0.25) is 9.78 Å². The van der Waals surface area contributed by atoms with E-state index < -0.39 is 5.41 Å². The normalized spacial score (nSPS) is 12.4. The molecule has 4 N–H and O–H groups in total. The van der Waals surface area contributed by atoms with Gasteiger partial charge in [-0.2, -0.15) is 0 Å². The minimum atomic E-state index is -0.945. The maximum absolute atomic E-state index is 12.2. The van der Waals surface area contributed by atoms with Crippen molar-refractivity contribution in [1.82, 2.24) is 10.3 Å². The summed E-state index contributed by atoms with van der Waals surface area (Å²) in [6.07, 6.45) is 2.66. The molecule has 0 fully saturated rings. The first kappa shape index (κ1) is 14.4. The smallest absolute Gasteiger partial charge is 0.234 e. The first-order valence-electron chi connectivity index (χ1n) is 5.74. The van der Waals surface area contributed by atoms with Gasteiger partial charge in [-0.15, -0.1) is 11.3 Å². The number of nitrogens with zero attached hydrogens (tertiary/aromatic N) is 2. The van der Waals surface area contributed by atoms with Crippen molar-refractivity contribution >= 4 is 23.1 Å². The quantitative estimate of drug-likeness (QED) is 0.314. The Morgan fingerprint density at radius 3 is 2.72 bits per heavy atom. The number of aromatic nitrogens is 1. The molecule has 0 aliphatic heterocycles. The van der Waals surface area contributed by atoms with Gasteiger partial charge in [0.1, 0.15) is 5.41 Å². The Hall–Kier alpha value is -1.63. The molecular weight excluding hydrogens is 252 g/mol. The minimum Gasteiger partial charge on any atom is -0.409 e. The van der Waals surface area contributed by atoms with E-state index in [0.29, 0.717) is 19.4 Å². The van der Waals surface area contributed by atoms with E-state index in [1.54, 1.807) is 11.7 Å². The van der Waals surface area contributed by atoms with Crippen LogP contribution in [0.2, 0.25) is 0 Å². The van der Waals surface area contributed by atoms with Gasteiger partial charge in [0.2, 0.25) is 5.91 Å². The number of nitrogens with two attached hydrogens (primary N) is 1. The van der Waals surface area contributed by atoms with Crippen LogP contribution in [0.15, 0.2) is 16.9 Å². The van der Waals surface area contributed by atoms with Gasteiger partial charge < -0.3 is 16.3 Å². The molecule has 7 heteroatoms. The molecule has 1 rings (SSSR count). The maximum Gasteiger partial charge on any atom is 0.234 e. The first-order chi connectivity index (χ1) is 8.60. The summed E-state index contributed by atoms with van der Waals surface area (Å²) in [4.78, 5) is 17.1. The largest absolute Gasteiger partial charge is 0.409 e. The second-order valence-electron chi connectivity index (χ2n) is 3.92. The molecule has 1 aromatic heterocycles. The number of oxime groups is 1. The molecule has 0 saturated carbocycles. The van der Waals surface area contributed by atoms with E-state index in [9.17, 15) is 4.79 Å². The summed E-state index contributed by atoms with van der Waals surface area (Å²) in [6, 6.07) is 0. The third-order valence-electron chi connectivity index (χ3n) is 3.15. The third kappa shape index (κ3) is 2.79. The molecule has 0 unspecified atom stereocenters. The van der Waals surface area contributed by atoms with E-state index in [4.69, 9.17) is 10.9 Å². The van der Waals surface area contributed by atoms with Crippen molar-refractivity contribution in [2.24, 2.45) is 16.3 Å². The lowest BCUT2D eigenvalue weighted by Crippen LogP contribution is -2.49. The highest BCUT2D eigenvalue weighted by Gasteiger charge is 2.39. The van der Waals surface area contributed by atoms with Crippen LogP contribution in [0.25, 0.3) is 0 Å². The predicted octanol–water partition coefficient (Wildman–Crippen LogP) is 1.31. The Bertz CT molecular complexity index is 413. The Morgan fingerprint density at radius 2 is 2.28 bits per heavy atom. The predicted molar refractivity (Wildman–Crippen MR) is 70.4 cm³/mol. The van der Waals surface area contributed by atoms with E-state index in [1.165, 1.54) is 11.3 Å². The summed E-state index contributed by atoms with van der Waals surface area (Å²) in [5, 5.41) is 14.6. The van der Waals surface area contributed by atoms with Crippen LogP contribution in [-0.2, 0) is 11.3 Å². The van der Waals surface area contributed by atoms with Gasteiger partial charge in [0.05, 0.1) is 12.1 Å². The zero-order valence-electron chi connectivity index (χ0n) is 10.5. The number of thiazole rings is 1.